The van der Waals surface area contributed by atoms with Crippen LogP contribution in [0.25, 0.3) is 34.0 Å². The van der Waals surface area contributed by atoms with Crippen molar-refractivity contribution in [3.63, 3.8) is 0 Å². The fourth-order valence-corrected chi connectivity index (χ4v) is 5.13. The normalized spacial score (nSPS) is 15.1. The number of halogens is 3. The summed E-state index contributed by atoms with van der Waals surface area (Å²) in [6.07, 6.45) is -2.88. The molecule has 1 aliphatic carbocycles. The van der Waals surface area contributed by atoms with E-state index in [-0.39, 0.29) is 23.7 Å². The van der Waals surface area contributed by atoms with E-state index in [4.69, 9.17) is 24.6 Å². The van der Waals surface area contributed by atoms with Crippen molar-refractivity contribution in [2.75, 3.05) is 6.61 Å². The standard InChI is InChI=1S/C26H25F3N3O6P/c1-25(30,14-36-39(33,34)35)12-11-15-7-9-18-17(13-15)8-10-19-21(18)31-38-24(19)22-20(26(27,28)29)23(37-32-22)16-5-3-2-4-6-16/h2-7,9,13H,8,10-12,14,30H2,1H3,(H2,33,34,35)/t25-/m0/s1. The van der Waals surface area contributed by atoms with E-state index in [1.807, 2.05) is 18.2 Å². The molecule has 1 atom stereocenters. The second-order valence-electron chi connectivity index (χ2n) is 9.85. The molecule has 9 nitrogen and oxygen atoms in total. The fourth-order valence-electron chi connectivity index (χ4n) is 4.67. The Morgan fingerprint density at radius 2 is 1.72 bits per heavy atom. The van der Waals surface area contributed by atoms with Crippen LogP contribution in [-0.4, -0.2) is 32.2 Å². The SMILES string of the molecule is C[C@](N)(CCc1ccc2c(c1)CCc1c-2noc1-c1noc(-c2ccccc2)c1C(F)(F)F)COP(=O)(O)O. The van der Waals surface area contributed by atoms with E-state index in [2.05, 4.69) is 14.8 Å². The van der Waals surface area contributed by atoms with Gasteiger partial charge in [-0.2, -0.15) is 13.2 Å². The van der Waals surface area contributed by atoms with Crippen molar-refractivity contribution in [1.29, 1.82) is 0 Å². The molecule has 0 saturated carbocycles. The first kappa shape index (κ1) is 27.3. The van der Waals surface area contributed by atoms with Gasteiger partial charge in [0.1, 0.15) is 11.3 Å². The average molecular weight is 563 g/mol. The van der Waals surface area contributed by atoms with Gasteiger partial charge < -0.3 is 24.6 Å². The first-order valence-corrected chi connectivity index (χ1v) is 13.6. The maximum Gasteiger partial charge on any atom is 0.469 e. The van der Waals surface area contributed by atoms with Crippen LogP contribution < -0.4 is 5.73 Å². The van der Waals surface area contributed by atoms with Crippen LogP contribution in [0.5, 0.6) is 0 Å². The lowest BCUT2D eigenvalue weighted by Gasteiger charge is -2.25. The van der Waals surface area contributed by atoms with Crippen LogP contribution in [-0.2, 0) is 34.5 Å². The predicted octanol–water partition coefficient (Wildman–Crippen LogP) is 5.54. The van der Waals surface area contributed by atoms with Gasteiger partial charge >= 0.3 is 14.0 Å². The number of phosphoric acid groups is 1. The van der Waals surface area contributed by atoms with Gasteiger partial charge in [-0.05, 0) is 43.7 Å². The third-order valence-electron chi connectivity index (χ3n) is 6.63. The number of phosphoric ester groups is 1. The lowest BCUT2D eigenvalue weighted by Crippen LogP contribution is -2.41. The van der Waals surface area contributed by atoms with Gasteiger partial charge in [0.25, 0.3) is 0 Å². The van der Waals surface area contributed by atoms with Crippen molar-refractivity contribution in [3.05, 3.63) is 70.8 Å². The quantitative estimate of drug-likeness (QED) is 0.235. The van der Waals surface area contributed by atoms with Crippen LogP contribution in [0.3, 0.4) is 0 Å². The molecule has 5 rings (SSSR count). The molecule has 4 N–H and O–H groups in total. The van der Waals surface area contributed by atoms with Gasteiger partial charge in [0.2, 0.25) is 0 Å². The average Bonchev–Trinajstić information content (AvgIpc) is 3.51. The van der Waals surface area contributed by atoms with Gasteiger partial charge in [-0.1, -0.05) is 58.8 Å². The number of nitrogens with zero attached hydrogens (tertiary/aromatic N) is 2. The number of rotatable bonds is 8. The summed E-state index contributed by atoms with van der Waals surface area (Å²) < 4.78 is 68.7. The number of fused-ring (bicyclic) bond motifs is 3. The lowest BCUT2D eigenvalue weighted by atomic mass is 9.86. The maximum atomic E-state index is 14.2. The lowest BCUT2D eigenvalue weighted by molar-refractivity contribution is -0.136. The molecule has 206 valence electrons. The number of nitrogens with two attached hydrogens (primary N) is 1. The molecule has 2 heterocycles. The van der Waals surface area contributed by atoms with E-state index in [0.29, 0.717) is 36.9 Å². The predicted molar refractivity (Wildman–Crippen MR) is 134 cm³/mol. The van der Waals surface area contributed by atoms with Crippen LogP contribution in [0.15, 0.2) is 57.6 Å². The number of aryl methyl sites for hydroxylation is 2. The summed E-state index contributed by atoms with van der Waals surface area (Å²) in [5, 5.41) is 7.86. The van der Waals surface area contributed by atoms with Crippen LogP contribution in [0, 0.1) is 0 Å². The summed E-state index contributed by atoms with van der Waals surface area (Å²) in [5.74, 6) is -0.455. The number of alkyl halides is 3. The summed E-state index contributed by atoms with van der Waals surface area (Å²) >= 11 is 0. The highest BCUT2D eigenvalue weighted by molar-refractivity contribution is 7.46. The van der Waals surface area contributed by atoms with E-state index >= 15 is 0 Å². The molecule has 4 aromatic rings. The molecular weight excluding hydrogens is 538 g/mol. The molecule has 0 aliphatic heterocycles. The molecule has 0 bridgehead atoms. The molecule has 13 heteroatoms. The number of hydrogen-bond acceptors (Lipinski definition) is 7. The van der Waals surface area contributed by atoms with Crippen molar-refractivity contribution < 1.29 is 41.1 Å². The van der Waals surface area contributed by atoms with E-state index in [9.17, 15) is 17.7 Å². The Morgan fingerprint density at radius 3 is 2.41 bits per heavy atom. The minimum atomic E-state index is -4.74. The molecule has 0 unspecified atom stereocenters. The number of aromatic nitrogens is 2. The van der Waals surface area contributed by atoms with Crippen molar-refractivity contribution in [2.24, 2.45) is 5.73 Å². The van der Waals surface area contributed by atoms with E-state index in [1.165, 1.54) is 12.1 Å². The highest BCUT2D eigenvalue weighted by Gasteiger charge is 2.43. The minimum Gasteiger partial charge on any atom is -0.355 e. The van der Waals surface area contributed by atoms with Gasteiger partial charge in [0.05, 0.1) is 6.61 Å². The summed E-state index contributed by atoms with van der Waals surface area (Å²) in [6, 6.07) is 13.6. The fraction of sp³-hybridized carbons (Fsp3) is 0.308. The first-order chi connectivity index (χ1) is 18.3. The second-order valence-corrected chi connectivity index (χ2v) is 11.1. The summed E-state index contributed by atoms with van der Waals surface area (Å²) in [5.41, 5.74) is 7.58. The maximum absolute atomic E-state index is 14.2. The third kappa shape index (κ3) is 5.85. The smallest absolute Gasteiger partial charge is 0.355 e. The van der Waals surface area contributed by atoms with Crippen LogP contribution in [0.2, 0.25) is 0 Å². The number of benzene rings is 2. The Hall–Kier alpha value is -3.28. The molecule has 39 heavy (non-hydrogen) atoms. The Kier molecular flexibility index (Phi) is 7.02. The van der Waals surface area contributed by atoms with Crippen molar-refractivity contribution in [1.82, 2.24) is 10.3 Å². The van der Waals surface area contributed by atoms with Gasteiger partial charge in [0, 0.05) is 22.2 Å². The molecule has 0 spiro atoms. The number of hydrogen-bond donors (Lipinski definition) is 3. The van der Waals surface area contributed by atoms with Gasteiger partial charge in [-0.15, -0.1) is 0 Å². The van der Waals surface area contributed by atoms with Crippen molar-refractivity contribution in [3.8, 4) is 34.0 Å². The molecular formula is C26H25F3N3O6P. The zero-order chi connectivity index (χ0) is 28.0. The molecule has 1 aliphatic rings. The summed E-state index contributed by atoms with van der Waals surface area (Å²) in [6.45, 7) is 1.34. The largest absolute Gasteiger partial charge is 0.469 e. The molecule has 2 aromatic carbocycles. The summed E-state index contributed by atoms with van der Waals surface area (Å²) in [4.78, 5) is 17.8. The van der Waals surface area contributed by atoms with Crippen molar-refractivity contribution >= 4 is 7.82 Å². The molecule has 0 fully saturated rings. The molecule has 0 radical (unpaired) electrons. The topological polar surface area (TPSA) is 145 Å². The molecule has 0 saturated heterocycles. The minimum absolute atomic E-state index is 0.0677. The van der Waals surface area contributed by atoms with Gasteiger partial charge in [-0.25, -0.2) is 4.57 Å². The highest BCUT2D eigenvalue weighted by Crippen LogP contribution is 2.46. The van der Waals surface area contributed by atoms with Crippen LogP contribution in [0.1, 0.15) is 35.6 Å². The van der Waals surface area contributed by atoms with Gasteiger partial charge in [-0.3, -0.25) is 4.52 Å². The Bertz CT molecular complexity index is 1540. The second kappa shape index (κ2) is 10.0. The Morgan fingerprint density at radius 1 is 1.03 bits per heavy atom. The molecule has 0 amide bonds. The Balaban J connectivity index is 1.42. The zero-order valence-corrected chi connectivity index (χ0v) is 21.6. The van der Waals surface area contributed by atoms with Crippen LogP contribution in [0.4, 0.5) is 13.2 Å². The van der Waals surface area contributed by atoms with E-state index in [1.54, 1.807) is 25.1 Å². The van der Waals surface area contributed by atoms with Gasteiger partial charge in [0.15, 0.2) is 17.2 Å². The van der Waals surface area contributed by atoms with Crippen LogP contribution >= 0.6 is 7.82 Å². The molecule has 2 aromatic heterocycles. The highest BCUT2D eigenvalue weighted by atomic mass is 31.2. The van der Waals surface area contributed by atoms with E-state index in [0.717, 1.165) is 16.7 Å². The van der Waals surface area contributed by atoms with Crippen molar-refractivity contribution in [2.45, 2.75) is 44.3 Å². The first-order valence-electron chi connectivity index (χ1n) is 12.0. The Labute approximate surface area is 221 Å². The third-order valence-corrected chi connectivity index (χ3v) is 7.10. The van der Waals surface area contributed by atoms with E-state index < -0.39 is 30.8 Å². The summed E-state index contributed by atoms with van der Waals surface area (Å²) in [7, 11) is -4.62. The monoisotopic (exact) mass is 563 g/mol. The zero-order valence-electron chi connectivity index (χ0n) is 20.7.